The zero-order valence-electron chi connectivity index (χ0n) is 7.23. The van der Waals surface area contributed by atoms with Crippen LogP contribution in [0.3, 0.4) is 0 Å². The highest BCUT2D eigenvalue weighted by atomic mass is 31.2. The SMILES string of the molecule is NCCNOP(N)(=O)ONCCN. The van der Waals surface area contributed by atoms with Crippen LogP contribution in [-0.4, -0.2) is 26.2 Å². The summed E-state index contributed by atoms with van der Waals surface area (Å²) in [6, 6.07) is 0. The molecule has 0 aliphatic rings. The first-order valence-corrected chi connectivity index (χ1v) is 5.35. The summed E-state index contributed by atoms with van der Waals surface area (Å²) in [5, 5.41) is 0. The van der Waals surface area contributed by atoms with Crippen LogP contribution in [0.4, 0.5) is 0 Å². The van der Waals surface area contributed by atoms with E-state index in [4.69, 9.17) is 17.0 Å². The molecular weight excluding hydrogens is 197 g/mol. The van der Waals surface area contributed by atoms with Gasteiger partial charge in [0.15, 0.2) is 0 Å². The van der Waals surface area contributed by atoms with E-state index in [1.165, 1.54) is 0 Å². The van der Waals surface area contributed by atoms with Gasteiger partial charge >= 0.3 is 7.75 Å². The van der Waals surface area contributed by atoms with Crippen molar-refractivity contribution in [2.24, 2.45) is 17.0 Å². The van der Waals surface area contributed by atoms with Crippen LogP contribution < -0.4 is 27.9 Å². The summed E-state index contributed by atoms with van der Waals surface area (Å²) in [7, 11) is -3.59. The maximum atomic E-state index is 11.1. The molecule has 0 aliphatic heterocycles. The molecule has 13 heavy (non-hydrogen) atoms. The van der Waals surface area contributed by atoms with Crippen LogP contribution in [0, 0.1) is 0 Å². The Morgan fingerprint density at radius 2 is 1.46 bits per heavy atom. The van der Waals surface area contributed by atoms with E-state index >= 15 is 0 Å². The highest BCUT2D eigenvalue weighted by Gasteiger charge is 2.18. The van der Waals surface area contributed by atoms with E-state index in [1.54, 1.807) is 0 Å². The van der Waals surface area contributed by atoms with Gasteiger partial charge in [0.05, 0.1) is 0 Å². The molecule has 0 amide bonds. The zero-order valence-corrected chi connectivity index (χ0v) is 8.13. The molecule has 8 N–H and O–H groups in total. The summed E-state index contributed by atoms with van der Waals surface area (Å²) >= 11 is 0. The van der Waals surface area contributed by atoms with E-state index in [-0.39, 0.29) is 0 Å². The Morgan fingerprint density at radius 3 is 1.77 bits per heavy atom. The molecule has 80 valence electrons. The summed E-state index contributed by atoms with van der Waals surface area (Å²) in [6.07, 6.45) is 0. The Labute approximate surface area is 76.6 Å². The number of nitrogens with two attached hydrogens (primary N) is 3. The Bertz CT molecular complexity index is 154. The van der Waals surface area contributed by atoms with Crippen molar-refractivity contribution in [2.75, 3.05) is 26.2 Å². The monoisotopic (exact) mass is 213 g/mol. The molecule has 0 aliphatic carbocycles. The molecule has 0 aromatic carbocycles. The van der Waals surface area contributed by atoms with Crippen LogP contribution in [0.15, 0.2) is 0 Å². The van der Waals surface area contributed by atoms with Gasteiger partial charge in [-0.25, -0.2) is 19.3 Å². The van der Waals surface area contributed by atoms with Gasteiger partial charge in [0, 0.05) is 26.2 Å². The first-order chi connectivity index (χ1) is 6.12. The van der Waals surface area contributed by atoms with Crippen LogP contribution >= 0.6 is 7.75 Å². The van der Waals surface area contributed by atoms with Gasteiger partial charge in [-0.15, -0.1) is 0 Å². The molecule has 9 heteroatoms. The molecule has 0 saturated heterocycles. The number of hydroxylamine groups is 2. The second-order valence-corrected chi connectivity index (χ2v) is 3.53. The number of nitrogens with one attached hydrogen (secondary N) is 2. The minimum Gasteiger partial charge on any atom is -0.329 e. The smallest absolute Gasteiger partial charge is 0.329 e. The van der Waals surface area contributed by atoms with Gasteiger partial charge in [-0.05, 0) is 0 Å². The van der Waals surface area contributed by atoms with Crippen molar-refractivity contribution in [2.45, 2.75) is 0 Å². The van der Waals surface area contributed by atoms with Gasteiger partial charge in [0.25, 0.3) is 0 Å². The molecule has 0 bridgehead atoms. The van der Waals surface area contributed by atoms with Crippen molar-refractivity contribution in [1.29, 1.82) is 0 Å². The lowest BCUT2D eigenvalue weighted by atomic mass is 10.7. The first-order valence-electron chi connectivity index (χ1n) is 3.74. The van der Waals surface area contributed by atoms with Crippen molar-refractivity contribution in [1.82, 2.24) is 11.0 Å². The molecule has 0 atom stereocenters. The topological polar surface area (TPSA) is 138 Å². The fourth-order valence-electron chi connectivity index (χ4n) is 0.408. The van der Waals surface area contributed by atoms with Crippen molar-refractivity contribution in [3.8, 4) is 0 Å². The second-order valence-electron chi connectivity index (χ2n) is 2.09. The minimum absolute atomic E-state index is 0.335. The first kappa shape index (κ1) is 12.9. The molecule has 0 fully saturated rings. The standard InChI is InChI=1S/C4H16N5O3P/c5-1-3-8-11-13(7,10)12-9-4-2-6/h8-9H,1-6H2,(H2,7,10). The molecule has 0 saturated carbocycles. The van der Waals surface area contributed by atoms with Crippen LogP contribution in [0.5, 0.6) is 0 Å². The number of rotatable bonds is 8. The predicted molar refractivity (Wildman–Crippen MR) is 48.1 cm³/mol. The van der Waals surface area contributed by atoms with Gasteiger partial charge < -0.3 is 11.5 Å². The summed E-state index contributed by atoms with van der Waals surface area (Å²) in [5.74, 6) is 0. The van der Waals surface area contributed by atoms with Crippen LogP contribution in [-0.2, 0) is 13.8 Å². The summed E-state index contributed by atoms with van der Waals surface area (Å²) in [5.41, 5.74) is 20.0. The van der Waals surface area contributed by atoms with Crippen molar-refractivity contribution >= 4 is 7.75 Å². The van der Waals surface area contributed by atoms with E-state index in [0.717, 1.165) is 0 Å². The Morgan fingerprint density at radius 1 is 1.08 bits per heavy atom. The van der Waals surface area contributed by atoms with Gasteiger partial charge in [0.2, 0.25) is 0 Å². The number of hydrogen-bond donors (Lipinski definition) is 5. The maximum absolute atomic E-state index is 11.1. The fraction of sp³-hybridized carbons (Fsp3) is 1.00. The Kier molecular flexibility index (Phi) is 7.33. The van der Waals surface area contributed by atoms with E-state index in [9.17, 15) is 4.57 Å². The average molecular weight is 213 g/mol. The molecule has 0 aromatic heterocycles. The maximum Gasteiger partial charge on any atom is 0.435 e. The lowest BCUT2D eigenvalue weighted by molar-refractivity contribution is 0.103. The predicted octanol–water partition coefficient (Wildman–Crippen LogP) is -1.99. The summed E-state index contributed by atoms with van der Waals surface area (Å²) in [6.45, 7) is 1.36. The summed E-state index contributed by atoms with van der Waals surface area (Å²) in [4.78, 5) is 0. The minimum atomic E-state index is -3.59. The van der Waals surface area contributed by atoms with Crippen LogP contribution in [0.1, 0.15) is 0 Å². The van der Waals surface area contributed by atoms with E-state index in [2.05, 4.69) is 20.2 Å². The van der Waals surface area contributed by atoms with Crippen LogP contribution in [0.2, 0.25) is 0 Å². The molecule has 0 rings (SSSR count). The van der Waals surface area contributed by atoms with E-state index < -0.39 is 7.75 Å². The van der Waals surface area contributed by atoms with Gasteiger partial charge in [-0.1, -0.05) is 0 Å². The van der Waals surface area contributed by atoms with E-state index in [0.29, 0.717) is 26.2 Å². The highest BCUT2D eigenvalue weighted by Crippen LogP contribution is 2.35. The number of hydrogen-bond acceptors (Lipinski definition) is 7. The van der Waals surface area contributed by atoms with Crippen molar-refractivity contribution in [3.63, 3.8) is 0 Å². The van der Waals surface area contributed by atoms with Gasteiger partial charge in [-0.3, -0.25) is 0 Å². The van der Waals surface area contributed by atoms with Crippen molar-refractivity contribution < 1.29 is 13.8 Å². The van der Waals surface area contributed by atoms with E-state index in [1.807, 2.05) is 0 Å². The third-order valence-electron chi connectivity index (χ3n) is 0.876. The molecule has 8 nitrogen and oxygen atoms in total. The molecule has 0 radical (unpaired) electrons. The molecule has 0 unspecified atom stereocenters. The normalized spacial score (nSPS) is 11.9. The van der Waals surface area contributed by atoms with Crippen molar-refractivity contribution in [3.05, 3.63) is 0 Å². The molecule has 0 spiro atoms. The largest absolute Gasteiger partial charge is 0.435 e. The molecule has 0 heterocycles. The lowest BCUT2D eigenvalue weighted by Crippen LogP contribution is -2.28. The van der Waals surface area contributed by atoms with Crippen LogP contribution in [0.25, 0.3) is 0 Å². The highest BCUT2D eigenvalue weighted by molar-refractivity contribution is 7.51. The van der Waals surface area contributed by atoms with Gasteiger partial charge in [-0.2, -0.15) is 11.0 Å². The Hall–Kier alpha value is -0.0500. The average Bonchev–Trinajstić information content (AvgIpc) is 2.05. The third-order valence-corrected chi connectivity index (χ3v) is 1.64. The fourth-order valence-corrected chi connectivity index (χ4v) is 0.987. The molecular formula is C4H16N5O3P. The third kappa shape index (κ3) is 8.28. The Balaban J connectivity index is 3.49. The molecule has 0 aromatic rings. The quantitative estimate of drug-likeness (QED) is 0.177. The lowest BCUT2D eigenvalue weighted by Gasteiger charge is -2.12. The van der Waals surface area contributed by atoms with Gasteiger partial charge in [0.1, 0.15) is 0 Å². The zero-order chi connectivity index (χ0) is 10.2. The summed E-state index contributed by atoms with van der Waals surface area (Å²) < 4.78 is 20.1. The second kappa shape index (κ2) is 7.36.